The molecule has 2 aromatic carbocycles. The van der Waals surface area contributed by atoms with Crippen LogP contribution in [0.25, 0.3) is 5.69 Å². The summed E-state index contributed by atoms with van der Waals surface area (Å²) in [5.41, 5.74) is 3.11. The lowest BCUT2D eigenvalue weighted by Gasteiger charge is -2.28. The van der Waals surface area contributed by atoms with Gasteiger partial charge in [-0.05, 0) is 57.4 Å². The zero-order chi connectivity index (χ0) is 22.5. The fourth-order valence-corrected chi connectivity index (χ4v) is 4.56. The van der Waals surface area contributed by atoms with E-state index in [4.69, 9.17) is 0 Å². The van der Waals surface area contributed by atoms with Gasteiger partial charge in [-0.3, -0.25) is 9.36 Å². The highest BCUT2D eigenvalue weighted by Gasteiger charge is 2.25. The van der Waals surface area contributed by atoms with Gasteiger partial charge in [-0.15, -0.1) is 10.2 Å². The van der Waals surface area contributed by atoms with E-state index in [2.05, 4.69) is 57.7 Å². The van der Waals surface area contributed by atoms with Gasteiger partial charge >= 0.3 is 0 Å². The fraction of sp³-hybridized carbons (Fsp3) is 0.333. The molecule has 3 aromatic rings. The maximum absolute atomic E-state index is 12.9. The molecule has 8 heteroatoms. The van der Waals surface area contributed by atoms with Gasteiger partial charge in [0.25, 0.3) is 0 Å². The minimum Gasteiger partial charge on any atom is -0.341 e. The first kappa shape index (κ1) is 21.9. The van der Waals surface area contributed by atoms with Crippen molar-refractivity contribution in [3.8, 4) is 11.8 Å². The Morgan fingerprint density at radius 3 is 2.53 bits per heavy atom. The van der Waals surface area contributed by atoms with Crippen LogP contribution in [-0.4, -0.2) is 39.0 Å². The number of carbonyl (C=O) groups excluding carboxylic acids is 1. The number of anilines is 2. The number of nitriles is 1. The second-order valence-electron chi connectivity index (χ2n) is 7.91. The summed E-state index contributed by atoms with van der Waals surface area (Å²) in [6.07, 6.45) is 3.51. The van der Waals surface area contributed by atoms with E-state index in [0.717, 1.165) is 37.6 Å². The molecule has 1 N–H and O–H groups in total. The van der Waals surface area contributed by atoms with Crippen LogP contribution in [0.3, 0.4) is 0 Å². The smallest absolute Gasteiger partial charge is 0.237 e. The first-order valence-electron chi connectivity index (χ1n) is 10.8. The van der Waals surface area contributed by atoms with E-state index in [0.29, 0.717) is 16.4 Å². The summed E-state index contributed by atoms with van der Waals surface area (Å²) in [5, 5.41) is 21.4. The maximum Gasteiger partial charge on any atom is 0.237 e. The molecular formula is C24H26N6OS. The molecule has 0 radical (unpaired) electrons. The van der Waals surface area contributed by atoms with Crippen LogP contribution in [0.1, 0.15) is 37.3 Å². The first-order valence-corrected chi connectivity index (χ1v) is 11.7. The summed E-state index contributed by atoms with van der Waals surface area (Å²) in [6.45, 7) is 5.80. The van der Waals surface area contributed by atoms with Crippen LogP contribution in [0.15, 0.2) is 53.7 Å². The highest BCUT2D eigenvalue weighted by Crippen LogP contribution is 2.31. The van der Waals surface area contributed by atoms with Crippen molar-refractivity contribution in [2.75, 3.05) is 23.3 Å². The Morgan fingerprint density at radius 2 is 1.81 bits per heavy atom. The standard InChI is InChI=1S/C24H26N6OS/c1-17-10-12-20(13-11-17)30-23(29-14-6-3-7-15-29)27-28-24(30)32-18(2)22(31)26-21-9-5-4-8-19(21)16-25/h4-5,8-13,18H,3,6-7,14-15H2,1-2H3,(H,26,31). The Kier molecular flexibility index (Phi) is 6.76. The summed E-state index contributed by atoms with van der Waals surface area (Å²) in [5.74, 6) is 0.633. The normalized spacial score (nSPS) is 14.6. The molecule has 0 spiro atoms. The van der Waals surface area contributed by atoms with Crippen molar-refractivity contribution in [1.29, 1.82) is 5.26 Å². The predicted octanol–water partition coefficient (Wildman–Crippen LogP) is 4.56. The number of hydrogen-bond donors (Lipinski definition) is 1. The van der Waals surface area contributed by atoms with Gasteiger partial charge in [-0.25, -0.2) is 0 Å². The number of amides is 1. The van der Waals surface area contributed by atoms with Crippen molar-refractivity contribution in [3.05, 3.63) is 59.7 Å². The Hall–Kier alpha value is -3.31. The molecule has 1 aromatic heterocycles. The van der Waals surface area contributed by atoms with Gasteiger partial charge in [0.1, 0.15) is 6.07 Å². The molecule has 1 aliphatic rings. The van der Waals surface area contributed by atoms with Crippen LogP contribution >= 0.6 is 11.8 Å². The molecule has 7 nitrogen and oxygen atoms in total. The Balaban J connectivity index is 1.60. The number of rotatable bonds is 6. The quantitative estimate of drug-likeness (QED) is 0.559. The van der Waals surface area contributed by atoms with Crippen molar-refractivity contribution in [1.82, 2.24) is 14.8 Å². The van der Waals surface area contributed by atoms with Gasteiger partial charge in [-0.1, -0.05) is 41.6 Å². The fourth-order valence-electron chi connectivity index (χ4n) is 3.69. The number of para-hydroxylation sites is 1. The van der Waals surface area contributed by atoms with Crippen LogP contribution in [-0.2, 0) is 4.79 Å². The van der Waals surface area contributed by atoms with Crippen molar-refractivity contribution < 1.29 is 4.79 Å². The third kappa shape index (κ3) is 4.78. The number of aromatic nitrogens is 3. The summed E-state index contributed by atoms with van der Waals surface area (Å²) in [6, 6.07) is 17.4. The van der Waals surface area contributed by atoms with Crippen molar-refractivity contribution in [2.24, 2.45) is 0 Å². The third-order valence-electron chi connectivity index (χ3n) is 5.50. The highest BCUT2D eigenvalue weighted by atomic mass is 32.2. The van der Waals surface area contributed by atoms with Gasteiger partial charge in [0.15, 0.2) is 5.16 Å². The molecule has 2 heterocycles. The van der Waals surface area contributed by atoms with E-state index in [9.17, 15) is 10.1 Å². The van der Waals surface area contributed by atoms with Crippen LogP contribution in [0, 0.1) is 18.3 Å². The Bertz CT molecular complexity index is 1130. The van der Waals surface area contributed by atoms with Gasteiger partial charge in [0, 0.05) is 13.1 Å². The van der Waals surface area contributed by atoms with Crippen molar-refractivity contribution in [2.45, 2.75) is 43.5 Å². The second kappa shape index (κ2) is 9.88. The molecule has 1 atom stereocenters. The van der Waals surface area contributed by atoms with Crippen LogP contribution in [0.2, 0.25) is 0 Å². The molecule has 32 heavy (non-hydrogen) atoms. The number of thioether (sulfide) groups is 1. The molecule has 4 rings (SSSR count). The number of aryl methyl sites for hydroxylation is 1. The van der Waals surface area contributed by atoms with E-state index in [1.807, 2.05) is 11.5 Å². The Morgan fingerprint density at radius 1 is 1.09 bits per heavy atom. The topological polar surface area (TPSA) is 86.8 Å². The van der Waals surface area contributed by atoms with Crippen LogP contribution in [0.4, 0.5) is 11.6 Å². The lowest BCUT2D eigenvalue weighted by molar-refractivity contribution is -0.115. The molecule has 1 fully saturated rings. The second-order valence-corrected chi connectivity index (χ2v) is 9.22. The molecule has 0 bridgehead atoms. The van der Waals surface area contributed by atoms with Gasteiger partial charge in [0.05, 0.1) is 22.2 Å². The molecule has 0 aliphatic carbocycles. The predicted molar refractivity (Wildman–Crippen MR) is 127 cm³/mol. The summed E-state index contributed by atoms with van der Waals surface area (Å²) in [7, 11) is 0. The van der Waals surface area contributed by atoms with E-state index >= 15 is 0 Å². The largest absolute Gasteiger partial charge is 0.341 e. The van der Waals surface area contributed by atoms with E-state index in [-0.39, 0.29) is 5.91 Å². The minimum atomic E-state index is -0.427. The average molecular weight is 447 g/mol. The van der Waals surface area contributed by atoms with Gasteiger partial charge in [0.2, 0.25) is 11.9 Å². The zero-order valence-corrected chi connectivity index (χ0v) is 19.1. The lowest BCUT2D eigenvalue weighted by Crippen LogP contribution is -2.31. The van der Waals surface area contributed by atoms with Crippen LogP contribution < -0.4 is 10.2 Å². The number of benzene rings is 2. The summed E-state index contributed by atoms with van der Waals surface area (Å²) >= 11 is 1.36. The SMILES string of the molecule is Cc1ccc(-n2c(SC(C)C(=O)Nc3ccccc3C#N)nnc2N2CCCCC2)cc1. The molecule has 1 unspecified atom stereocenters. The van der Waals surface area contributed by atoms with Crippen molar-refractivity contribution in [3.63, 3.8) is 0 Å². The summed E-state index contributed by atoms with van der Waals surface area (Å²) in [4.78, 5) is 15.1. The van der Waals surface area contributed by atoms with Crippen LogP contribution in [0.5, 0.6) is 0 Å². The third-order valence-corrected chi connectivity index (χ3v) is 6.55. The molecule has 1 saturated heterocycles. The minimum absolute atomic E-state index is 0.185. The Labute approximate surface area is 192 Å². The van der Waals surface area contributed by atoms with Gasteiger partial charge in [-0.2, -0.15) is 5.26 Å². The molecule has 1 amide bonds. The number of carbonyl (C=O) groups is 1. The maximum atomic E-state index is 12.9. The van der Waals surface area contributed by atoms with Gasteiger partial charge < -0.3 is 10.2 Å². The molecule has 0 saturated carbocycles. The lowest BCUT2D eigenvalue weighted by atomic mass is 10.1. The molecular weight excluding hydrogens is 420 g/mol. The average Bonchev–Trinajstić information content (AvgIpc) is 3.24. The number of nitrogens with zero attached hydrogens (tertiary/aromatic N) is 5. The van der Waals surface area contributed by atoms with E-state index < -0.39 is 5.25 Å². The number of nitrogens with one attached hydrogen (secondary N) is 1. The highest BCUT2D eigenvalue weighted by molar-refractivity contribution is 8.00. The van der Waals surface area contributed by atoms with Crippen molar-refractivity contribution >= 4 is 29.3 Å². The molecule has 164 valence electrons. The number of piperidine rings is 1. The van der Waals surface area contributed by atoms with E-state index in [1.165, 1.54) is 23.7 Å². The first-order chi connectivity index (χ1) is 15.6. The monoisotopic (exact) mass is 446 g/mol. The summed E-state index contributed by atoms with van der Waals surface area (Å²) < 4.78 is 2.04. The zero-order valence-electron chi connectivity index (χ0n) is 18.3. The molecule has 1 aliphatic heterocycles. The number of hydrogen-bond acceptors (Lipinski definition) is 6. The van der Waals surface area contributed by atoms with E-state index in [1.54, 1.807) is 24.3 Å².